The van der Waals surface area contributed by atoms with E-state index in [0.29, 0.717) is 35.1 Å². The Morgan fingerprint density at radius 2 is 1.80 bits per heavy atom. The highest BCUT2D eigenvalue weighted by Gasteiger charge is 2.17. The van der Waals surface area contributed by atoms with E-state index in [2.05, 4.69) is 0 Å². The molecular weight excluding hydrogens is 390 g/mol. The maximum Gasteiger partial charge on any atom is 0.341 e. The van der Waals surface area contributed by atoms with Crippen LogP contribution in [0.15, 0.2) is 47.4 Å². The van der Waals surface area contributed by atoms with Crippen LogP contribution in [0.2, 0.25) is 0 Å². The standard InChI is InChI=1S/C22H23NO7/c1-4-7-29-17-9-14(8-16(10-17)28-3)23-12-19(22(25)26)21(24)18-6-5-15(11-20(18)23)30-13-27-2/h5-6,8-12H,4,7,13H2,1-3H3,(H,25,26). The molecule has 0 unspecified atom stereocenters. The van der Waals surface area contributed by atoms with Gasteiger partial charge in [-0.2, -0.15) is 0 Å². The predicted octanol–water partition coefficient (Wildman–Crippen LogP) is 3.47. The smallest absolute Gasteiger partial charge is 0.341 e. The molecule has 158 valence electrons. The zero-order valence-corrected chi connectivity index (χ0v) is 17.0. The summed E-state index contributed by atoms with van der Waals surface area (Å²) in [6.07, 6.45) is 2.13. The zero-order valence-electron chi connectivity index (χ0n) is 17.0. The van der Waals surface area contributed by atoms with Crippen molar-refractivity contribution in [3.8, 4) is 22.9 Å². The van der Waals surface area contributed by atoms with E-state index in [1.165, 1.54) is 20.4 Å². The number of ether oxygens (including phenoxy) is 4. The van der Waals surface area contributed by atoms with Crippen molar-refractivity contribution in [1.29, 1.82) is 0 Å². The molecule has 0 aliphatic rings. The molecule has 1 aromatic heterocycles. The fourth-order valence-corrected chi connectivity index (χ4v) is 3.00. The number of fused-ring (bicyclic) bond motifs is 1. The number of nitrogens with zero attached hydrogens (tertiary/aromatic N) is 1. The number of pyridine rings is 1. The molecule has 8 heteroatoms. The quantitative estimate of drug-likeness (QED) is 0.537. The van der Waals surface area contributed by atoms with Crippen molar-refractivity contribution < 1.29 is 28.8 Å². The highest BCUT2D eigenvalue weighted by Crippen LogP contribution is 2.29. The fourth-order valence-electron chi connectivity index (χ4n) is 3.00. The Kier molecular flexibility index (Phi) is 6.58. The number of rotatable bonds is 9. The third-order valence-corrected chi connectivity index (χ3v) is 4.40. The largest absolute Gasteiger partial charge is 0.497 e. The molecule has 3 aromatic rings. The summed E-state index contributed by atoms with van der Waals surface area (Å²) in [5.74, 6) is 0.280. The molecular formula is C22H23NO7. The second-order valence-corrected chi connectivity index (χ2v) is 6.49. The summed E-state index contributed by atoms with van der Waals surface area (Å²) < 4.78 is 23.1. The van der Waals surface area contributed by atoms with Crippen LogP contribution in [0.5, 0.6) is 17.2 Å². The van der Waals surface area contributed by atoms with E-state index in [0.717, 1.165) is 6.42 Å². The maximum atomic E-state index is 12.7. The topological polar surface area (TPSA) is 96.2 Å². The number of hydrogen-bond acceptors (Lipinski definition) is 6. The van der Waals surface area contributed by atoms with Crippen LogP contribution in [0, 0.1) is 0 Å². The lowest BCUT2D eigenvalue weighted by molar-refractivity contribution is 0.0512. The van der Waals surface area contributed by atoms with Gasteiger partial charge in [0.2, 0.25) is 5.43 Å². The van der Waals surface area contributed by atoms with Crippen molar-refractivity contribution in [2.24, 2.45) is 0 Å². The van der Waals surface area contributed by atoms with Crippen molar-refractivity contribution in [3.05, 3.63) is 58.4 Å². The van der Waals surface area contributed by atoms with E-state index in [9.17, 15) is 14.7 Å². The van der Waals surface area contributed by atoms with Crippen molar-refractivity contribution >= 4 is 16.9 Å². The Bertz CT molecular complexity index is 1120. The summed E-state index contributed by atoms with van der Waals surface area (Å²) in [6, 6.07) is 10.0. The zero-order chi connectivity index (χ0) is 21.7. The van der Waals surface area contributed by atoms with Gasteiger partial charge in [0.15, 0.2) is 6.79 Å². The second-order valence-electron chi connectivity index (χ2n) is 6.49. The van der Waals surface area contributed by atoms with Gasteiger partial charge in [-0.05, 0) is 18.6 Å². The predicted molar refractivity (Wildman–Crippen MR) is 111 cm³/mol. The molecule has 0 aliphatic carbocycles. The van der Waals surface area contributed by atoms with Gasteiger partial charge in [0.05, 0.1) is 24.9 Å². The van der Waals surface area contributed by atoms with Crippen LogP contribution >= 0.6 is 0 Å². The molecule has 0 bridgehead atoms. The Balaban J connectivity index is 2.28. The molecule has 1 heterocycles. The van der Waals surface area contributed by atoms with E-state index in [4.69, 9.17) is 18.9 Å². The van der Waals surface area contributed by atoms with E-state index in [1.807, 2.05) is 6.92 Å². The Labute approximate surface area is 173 Å². The van der Waals surface area contributed by atoms with Gasteiger partial charge in [-0.25, -0.2) is 4.79 Å². The number of aromatic carboxylic acids is 1. The van der Waals surface area contributed by atoms with Gasteiger partial charge in [0.1, 0.15) is 22.8 Å². The molecule has 0 saturated heterocycles. The molecule has 0 amide bonds. The summed E-state index contributed by atoms with van der Waals surface area (Å²) >= 11 is 0. The van der Waals surface area contributed by atoms with Crippen molar-refractivity contribution in [3.63, 3.8) is 0 Å². The molecule has 8 nitrogen and oxygen atoms in total. The van der Waals surface area contributed by atoms with Gasteiger partial charge in [0, 0.05) is 43.0 Å². The lowest BCUT2D eigenvalue weighted by atomic mass is 10.1. The molecule has 1 N–H and O–H groups in total. The van der Waals surface area contributed by atoms with E-state index in [-0.39, 0.29) is 17.7 Å². The van der Waals surface area contributed by atoms with Gasteiger partial charge in [-0.15, -0.1) is 0 Å². The molecule has 0 saturated carbocycles. The monoisotopic (exact) mass is 413 g/mol. The fraction of sp³-hybridized carbons (Fsp3) is 0.273. The first-order valence-electron chi connectivity index (χ1n) is 9.35. The third kappa shape index (κ3) is 4.38. The molecule has 0 atom stereocenters. The lowest BCUT2D eigenvalue weighted by Gasteiger charge is -2.16. The summed E-state index contributed by atoms with van der Waals surface area (Å²) in [5.41, 5.74) is 0.148. The van der Waals surface area contributed by atoms with Gasteiger partial charge >= 0.3 is 5.97 Å². The van der Waals surface area contributed by atoms with Gasteiger partial charge < -0.3 is 28.6 Å². The minimum atomic E-state index is -1.30. The van der Waals surface area contributed by atoms with Crippen molar-refractivity contribution in [2.45, 2.75) is 13.3 Å². The number of hydrogen-bond donors (Lipinski definition) is 1. The third-order valence-electron chi connectivity index (χ3n) is 4.40. The van der Waals surface area contributed by atoms with Crippen LogP contribution in [0.25, 0.3) is 16.6 Å². The maximum absolute atomic E-state index is 12.7. The number of carboxylic acid groups (broad SMARTS) is 1. The molecule has 3 rings (SSSR count). The Morgan fingerprint density at radius 3 is 2.47 bits per heavy atom. The summed E-state index contributed by atoms with van der Waals surface area (Å²) in [5, 5.41) is 9.78. The summed E-state index contributed by atoms with van der Waals surface area (Å²) in [6.45, 7) is 2.56. The molecule has 2 aromatic carbocycles. The van der Waals surface area contributed by atoms with Crippen LogP contribution in [0.1, 0.15) is 23.7 Å². The van der Waals surface area contributed by atoms with Gasteiger partial charge in [-0.3, -0.25) is 4.79 Å². The van der Waals surface area contributed by atoms with E-state index < -0.39 is 11.4 Å². The minimum Gasteiger partial charge on any atom is -0.497 e. The minimum absolute atomic E-state index is 0.0388. The number of methoxy groups -OCH3 is 2. The van der Waals surface area contributed by atoms with E-state index >= 15 is 0 Å². The normalized spacial score (nSPS) is 10.8. The Morgan fingerprint density at radius 1 is 1.03 bits per heavy atom. The first kappa shape index (κ1) is 21.2. The van der Waals surface area contributed by atoms with Crippen LogP contribution in [-0.2, 0) is 4.74 Å². The van der Waals surface area contributed by atoms with Crippen LogP contribution in [0.3, 0.4) is 0 Å². The highest BCUT2D eigenvalue weighted by atomic mass is 16.7. The Hall–Kier alpha value is -3.52. The lowest BCUT2D eigenvalue weighted by Crippen LogP contribution is -2.18. The highest BCUT2D eigenvalue weighted by molar-refractivity contribution is 5.93. The van der Waals surface area contributed by atoms with Crippen LogP contribution in [0.4, 0.5) is 0 Å². The van der Waals surface area contributed by atoms with E-state index in [1.54, 1.807) is 41.0 Å². The molecule has 30 heavy (non-hydrogen) atoms. The molecule has 0 fully saturated rings. The summed E-state index contributed by atoms with van der Waals surface area (Å²) in [7, 11) is 3.04. The molecule has 0 spiro atoms. The van der Waals surface area contributed by atoms with Gasteiger partial charge in [-0.1, -0.05) is 6.92 Å². The number of carboxylic acids is 1. The number of aromatic nitrogens is 1. The first-order chi connectivity index (χ1) is 14.5. The average Bonchev–Trinajstić information content (AvgIpc) is 2.75. The SMILES string of the molecule is CCCOc1cc(OC)cc(-n2cc(C(=O)O)c(=O)c3ccc(OCOC)cc32)c1. The molecule has 0 aliphatic heterocycles. The second kappa shape index (κ2) is 9.32. The van der Waals surface area contributed by atoms with Gasteiger partial charge in [0.25, 0.3) is 0 Å². The first-order valence-corrected chi connectivity index (χ1v) is 9.35. The molecule has 0 radical (unpaired) electrons. The van der Waals surface area contributed by atoms with Crippen molar-refractivity contribution in [1.82, 2.24) is 4.57 Å². The average molecular weight is 413 g/mol. The van der Waals surface area contributed by atoms with Crippen LogP contribution in [-0.4, -0.2) is 43.3 Å². The number of carbonyl (C=O) groups is 1. The summed E-state index contributed by atoms with van der Waals surface area (Å²) in [4.78, 5) is 24.4. The van der Waals surface area contributed by atoms with Crippen LogP contribution < -0.4 is 19.6 Å². The van der Waals surface area contributed by atoms with Crippen molar-refractivity contribution in [2.75, 3.05) is 27.6 Å². The number of benzene rings is 2.